The summed E-state index contributed by atoms with van der Waals surface area (Å²) in [6.45, 7) is 4.85. The van der Waals surface area contributed by atoms with E-state index in [-0.39, 0.29) is 5.69 Å². The number of esters is 1. The molecule has 0 aliphatic rings. The van der Waals surface area contributed by atoms with Crippen molar-refractivity contribution in [3.63, 3.8) is 0 Å². The number of rotatable bonds is 10. The Morgan fingerprint density at radius 1 is 0.917 bits per heavy atom. The average Bonchev–Trinajstić information content (AvgIpc) is 3.29. The molecule has 0 bridgehead atoms. The standard InChI is InChI=1S/C29H28N2O5/c1-3-5-18-36-29(34)21-9-13-22(14-10-21)30-28(33)27(32)26-25(19-23-8-6-7-17-31(23)26)20-11-15-24(16-12-20)35-4-2/h6-17,19H,3-5,18H2,1-2H3,(H,30,33). The van der Waals surface area contributed by atoms with Crippen LogP contribution in [0.3, 0.4) is 0 Å². The molecule has 2 heterocycles. The van der Waals surface area contributed by atoms with Gasteiger partial charge in [0.2, 0.25) is 0 Å². The summed E-state index contributed by atoms with van der Waals surface area (Å²) < 4.78 is 12.4. The number of ketones is 1. The Hall–Kier alpha value is -4.39. The van der Waals surface area contributed by atoms with Gasteiger partial charge in [-0.2, -0.15) is 0 Å². The van der Waals surface area contributed by atoms with Crippen LogP contribution in [0.1, 0.15) is 47.5 Å². The second-order valence-corrected chi connectivity index (χ2v) is 8.21. The highest BCUT2D eigenvalue weighted by Crippen LogP contribution is 2.30. The van der Waals surface area contributed by atoms with Gasteiger partial charge < -0.3 is 19.2 Å². The van der Waals surface area contributed by atoms with Gasteiger partial charge in [0, 0.05) is 23.0 Å². The number of anilines is 1. The summed E-state index contributed by atoms with van der Waals surface area (Å²) >= 11 is 0. The van der Waals surface area contributed by atoms with Crippen molar-refractivity contribution >= 4 is 28.9 Å². The minimum absolute atomic E-state index is 0.267. The number of aromatic nitrogens is 1. The first kappa shape index (κ1) is 24.7. The normalized spacial score (nSPS) is 10.7. The summed E-state index contributed by atoms with van der Waals surface area (Å²) in [7, 11) is 0. The fourth-order valence-corrected chi connectivity index (χ4v) is 3.85. The molecule has 7 nitrogen and oxygen atoms in total. The summed E-state index contributed by atoms with van der Waals surface area (Å²) in [5, 5.41) is 2.64. The lowest BCUT2D eigenvalue weighted by molar-refractivity contribution is -0.112. The summed E-state index contributed by atoms with van der Waals surface area (Å²) in [5.41, 5.74) is 3.29. The zero-order valence-electron chi connectivity index (χ0n) is 20.3. The lowest BCUT2D eigenvalue weighted by Gasteiger charge is -2.09. The number of amides is 1. The summed E-state index contributed by atoms with van der Waals surface area (Å²) in [6, 6.07) is 21.1. The van der Waals surface area contributed by atoms with Crippen molar-refractivity contribution in [3.8, 4) is 16.9 Å². The van der Waals surface area contributed by atoms with Gasteiger partial charge >= 0.3 is 5.97 Å². The number of hydrogen-bond acceptors (Lipinski definition) is 5. The first-order valence-electron chi connectivity index (χ1n) is 12.0. The van der Waals surface area contributed by atoms with Gasteiger partial charge in [-0.15, -0.1) is 0 Å². The number of carbonyl (C=O) groups is 3. The van der Waals surface area contributed by atoms with Crippen LogP contribution >= 0.6 is 0 Å². The van der Waals surface area contributed by atoms with Crippen LogP contribution in [0.4, 0.5) is 5.69 Å². The SMILES string of the molecule is CCCCOC(=O)c1ccc(NC(=O)C(=O)c2c(-c3ccc(OCC)cc3)cc3ccccn23)cc1. The molecule has 2 aromatic heterocycles. The molecule has 0 radical (unpaired) electrons. The third-order valence-corrected chi connectivity index (χ3v) is 5.69. The van der Waals surface area contributed by atoms with Crippen LogP contribution in [-0.2, 0) is 9.53 Å². The van der Waals surface area contributed by atoms with Gasteiger partial charge in [0.15, 0.2) is 0 Å². The van der Waals surface area contributed by atoms with E-state index in [1.807, 2.05) is 62.4 Å². The molecule has 0 saturated carbocycles. The monoisotopic (exact) mass is 484 g/mol. The number of carbonyl (C=O) groups excluding carboxylic acids is 3. The van der Waals surface area contributed by atoms with Crippen LogP contribution in [0, 0.1) is 0 Å². The number of nitrogens with one attached hydrogen (secondary N) is 1. The topological polar surface area (TPSA) is 86.1 Å². The zero-order chi connectivity index (χ0) is 25.5. The Bertz CT molecular complexity index is 1370. The predicted octanol–water partition coefficient (Wildman–Crippen LogP) is 5.78. The predicted molar refractivity (Wildman–Crippen MR) is 139 cm³/mol. The summed E-state index contributed by atoms with van der Waals surface area (Å²) in [5.74, 6) is -1.14. The molecule has 4 aromatic rings. The van der Waals surface area contributed by atoms with Gasteiger partial charge in [-0.25, -0.2) is 4.79 Å². The molecule has 0 unspecified atom stereocenters. The Morgan fingerprint density at radius 2 is 1.67 bits per heavy atom. The van der Waals surface area contributed by atoms with E-state index in [0.717, 1.165) is 29.7 Å². The van der Waals surface area contributed by atoms with E-state index >= 15 is 0 Å². The van der Waals surface area contributed by atoms with Crippen LogP contribution in [0.25, 0.3) is 16.6 Å². The van der Waals surface area contributed by atoms with E-state index in [1.165, 1.54) is 0 Å². The molecule has 0 saturated heterocycles. The fourth-order valence-electron chi connectivity index (χ4n) is 3.85. The third kappa shape index (κ3) is 5.46. The summed E-state index contributed by atoms with van der Waals surface area (Å²) in [4.78, 5) is 38.5. The van der Waals surface area contributed by atoms with E-state index in [0.29, 0.717) is 30.0 Å². The molecule has 4 rings (SSSR count). The Labute approximate surface area is 209 Å². The van der Waals surface area contributed by atoms with E-state index in [4.69, 9.17) is 9.47 Å². The maximum Gasteiger partial charge on any atom is 0.338 e. The third-order valence-electron chi connectivity index (χ3n) is 5.69. The number of hydrogen-bond donors (Lipinski definition) is 1. The number of benzene rings is 2. The van der Waals surface area contributed by atoms with Crippen molar-refractivity contribution in [2.75, 3.05) is 18.5 Å². The van der Waals surface area contributed by atoms with Gasteiger partial charge in [0.1, 0.15) is 11.4 Å². The van der Waals surface area contributed by atoms with E-state index in [2.05, 4.69) is 5.32 Å². The lowest BCUT2D eigenvalue weighted by Crippen LogP contribution is -2.24. The number of unbranched alkanes of at least 4 members (excludes halogenated alkanes) is 1. The highest BCUT2D eigenvalue weighted by Gasteiger charge is 2.25. The van der Waals surface area contributed by atoms with Crippen LogP contribution in [0.15, 0.2) is 79.0 Å². The Balaban J connectivity index is 1.56. The molecule has 0 atom stereocenters. The highest BCUT2D eigenvalue weighted by molar-refractivity contribution is 6.47. The van der Waals surface area contributed by atoms with Crippen LogP contribution < -0.4 is 10.1 Å². The molecule has 36 heavy (non-hydrogen) atoms. The Kier molecular flexibility index (Phi) is 7.80. The maximum absolute atomic E-state index is 13.4. The minimum atomic E-state index is -0.774. The number of Topliss-reactive ketones (excluding diaryl/α,β-unsaturated/α-hetero) is 1. The fraction of sp³-hybridized carbons (Fsp3) is 0.207. The number of pyridine rings is 1. The van der Waals surface area contributed by atoms with Gasteiger partial charge in [-0.3, -0.25) is 9.59 Å². The molecular weight excluding hydrogens is 456 g/mol. The van der Waals surface area contributed by atoms with Crippen LogP contribution in [0.2, 0.25) is 0 Å². The molecule has 2 aromatic carbocycles. The molecule has 0 fully saturated rings. The quantitative estimate of drug-likeness (QED) is 0.133. The second kappa shape index (κ2) is 11.4. The molecule has 0 aliphatic heterocycles. The molecular formula is C29H28N2O5. The van der Waals surface area contributed by atoms with Crippen molar-refractivity contribution in [1.29, 1.82) is 0 Å². The zero-order valence-corrected chi connectivity index (χ0v) is 20.3. The van der Waals surface area contributed by atoms with Crippen molar-refractivity contribution in [2.24, 2.45) is 0 Å². The lowest BCUT2D eigenvalue weighted by atomic mass is 10.0. The van der Waals surface area contributed by atoms with Crippen molar-refractivity contribution in [3.05, 3.63) is 90.3 Å². The largest absolute Gasteiger partial charge is 0.494 e. The smallest absolute Gasteiger partial charge is 0.338 e. The van der Waals surface area contributed by atoms with Crippen LogP contribution in [-0.4, -0.2) is 35.3 Å². The van der Waals surface area contributed by atoms with E-state index in [9.17, 15) is 14.4 Å². The van der Waals surface area contributed by atoms with Gasteiger partial charge in [-0.05, 0) is 73.5 Å². The van der Waals surface area contributed by atoms with Gasteiger partial charge in [0.25, 0.3) is 11.7 Å². The summed E-state index contributed by atoms with van der Waals surface area (Å²) in [6.07, 6.45) is 3.49. The van der Waals surface area contributed by atoms with Crippen molar-refractivity contribution in [2.45, 2.75) is 26.7 Å². The average molecular weight is 485 g/mol. The molecule has 7 heteroatoms. The Morgan fingerprint density at radius 3 is 2.36 bits per heavy atom. The molecule has 184 valence electrons. The first-order chi connectivity index (χ1) is 17.5. The van der Waals surface area contributed by atoms with Crippen molar-refractivity contribution in [1.82, 2.24) is 4.40 Å². The first-order valence-corrected chi connectivity index (χ1v) is 12.0. The molecule has 1 amide bonds. The number of ether oxygens (including phenoxy) is 2. The van der Waals surface area contributed by atoms with E-state index in [1.54, 1.807) is 34.9 Å². The second-order valence-electron chi connectivity index (χ2n) is 8.21. The van der Waals surface area contributed by atoms with Gasteiger partial charge in [-0.1, -0.05) is 31.5 Å². The highest BCUT2D eigenvalue weighted by atomic mass is 16.5. The van der Waals surface area contributed by atoms with E-state index < -0.39 is 17.7 Å². The van der Waals surface area contributed by atoms with Crippen molar-refractivity contribution < 1.29 is 23.9 Å². The minimum Gasteiger partial charge on any atom is -0.494 e. The molecule has 0 spiro atoms. The van der Waals surface area contributed by atoms with Crippen LogP contribution in [0.5, 0.6) is 5.75 Å². The molecule has 0 aliphatic carbocycles. The maximum atomic E-state index is 13.4. The van der Waals surface area contributed by atoms with Gasteiger partial charge in [0.05, 0.1) is 18.8 Å². The number of nitrogens with zero attached hydrogens (tertiary/aromatic N) is 1. The number of fused-ring (bicyclic) bond motifs is 1. The molecule has 1 N–H and O–H groups in total.